The Morgan fingerprint density at radius 1 is 1.09 bits per heavy atom. The molecular weight excluding hydrogens is 458 g/mol. The quantitative estimate of drug-likeness (QED) is 0.536. The summed E-state index contributed by atoms with van der Waals surface area (Å²) in [5.74, 6) is 0.626. The third-order valence-corrected chi connectivity index (χ3v) is 8.15. The second-order valence-electron chi connectivity index (χ2n) is 8.52. The molecule has 33 heavy (non-hydrogen) atoms. The molecule has 1 aliphatic rings. The molecule has 4 rings (SSSR count). The van der Waals surface area contributed by atoms with Crippen molar-refractivity contribution in [3.8, 4) is 17.1 Å². The highest BCUT2D eigenvalue weighted by molar-refractivity contribution is 7.89. The van der Waals surface area contributed by atoms with Crippen LogP contribution in [-0.2, 0) is 21.4 Å². The van der Waals surface area contributed by atoms with Crippen LogP contribution in [0.5, 0.6) is 0 Å². The molecule has 0 amide bonds. The van der Waals surface area contributed by atoms with E-state index >= 15 is 0 Å². The lowest BCUT2D eigenvalue weighted by molar-refractivity contribution is -0.930. The molecule has 176 valence electrons. The van der Waals surface area contributed by atoms with Gasteiger partial charge in [-0.15, -0.1) is 5.10 Å². The van der Waals surface area contributed by atoms with Crippen molar-refractivity contribution in [1.82, 2.24) is 18.7 Å². The van der Waals surface area contributed by atoms with Crippen LogP contribution in [-0.4, -0.2) is 67.5 Å². The molecule has 1 fully saturated rings. The van der Waals surface area contributed by atoms with Crippen molar-refractivity contribution in [3.63, 3.8) is 0 Å². The molecule has 0 unspecified atom stereocenters. The van der Waals surface area contributed by atoms with E-state index in [0.717, 1.165) is 43.1 Å². The molecule has 0 radical (unpaired) electrons. The van der Waals surface area contributed by atoms with Gasteiger partial charge < -0.3 is 9.64 Å². The summed E-state index contributed by atoms with van der Waals surface area (Å²) in [5, 5.41) is 4.91. The number of aromatic nitrogens is 3. The van der Waals surface area contributed by atoms with Gasteiger partial charge in [-0.1, -0.05) is 30.3 Å². The zero-order valence-electron chi connectivity index (χ0n) is 19.4. The zero-order valence-corrected chi connectivity index (χ0v) is 21.0. The Labute approximate surface area is 200 Å². The van der Waals surface area contributed by atoms with Gasteiger partial charge in [0.25, 0.3) is 0 Å². The average Bonchev–Trinajstić information content (AvgIpc) is 3.10. The minimum Gasteiger partial charge on any atom is -0.370 e. The number of aryl methyl sites for hydroxylation is 2. The number of hydrogen-bond acceptors (Lipinski definition) is 5. The molecule has 0 saturated carbocycles. The first-order chi connectivity index (χ1) is 15.7. The molecule has 1 N–H and O–H groups in total. The lowest BCUT2D eigenvalue weighted by atomic mass is 10.1. The van der Waals surface area contributed by atoms with Gasteiger partial charge in [-0.3, -0.25) is 4.57 Å². The summed E-state index contributed by atoms with van der Waals surface area (Å²) in [4.78, 5) is 1.57. The number of morpholine rings is 1. The molecule has 2 aromatic carbocycles. The third kappa shape index (κ3) is 4.67. The van der Waals surface area contributed by atoms with E-state index in [9.17, 15) is 8.42 Å². The van der Waals surface area contributed by atoms with Gasteiger partial charge in [-0.2, -0.15) is 4.68 Å². The SMILES string of the molecule is Cc1cccc(C)c1-n1c(-c2cccc(S(=O)(=O)N(C)C)c2)nn(C[NH+]2CCOCC2)c1=S. The minimum absolute atomic E-state index is 0.220. The minimum atomic E-state index is -3.58. The molecule has 0 bridgehead atoms. The Morgan fingerprint density at radius 2 is 1.73 bits per heavy atom. The Hall–Kier alpha value is -2.37. The molecule has 10 heteroatoms. The standard InChI is InChI=1S/C23H29N5O3S2/c1-17-7-5-8-18(2)21(17)28-22(19-9-6-10-20(15-19)33(29,30)25(3)4)24-27(23(28)32)16-26-11-13-31-14-12-26/h5-10,15H,11-14,16H2,1-4H3/p+1. The van der Waals surface area contributed by atoms with E-state index < -0.39 is 10.0 Å². The first-order valence-corrected chi connectivity index (χ1v) is 12.8. The van der Waals surface area contributed by atoms with Gasteiger partial charge in [0.05, 0.1) is 23.8 Å². The number of quaternary nitrogens is 1. The summed E-state index contributed by atoms with van der Waals surface area (Å²) in [7, 11) is -0.526. The first kappa shape index (κ1) is 23.8. The van der Waals surface area contributed by atoms with E-state index in [1.807, 2.05) is 47.4 Å². The van der Waals surface area contributed by atoms with Crippen molar-refractivity contribution in [2.45, 2.75) is 25.4 Å². The van der Waals surface area contributed by atoms with Crippen LogP contribution in [0, 0.1) is 18.6 Å². The van der Waals surface area contributed by atoms with Gasteiger partial charge in [0.1, 0.15) is 13.1 Å². The van der Waals surface area contributed by atoms with E-state index in [1.54, 1.807) is 18.2 Å². The Balaban J connectivity index is 1.91. The highest BCUT2D eigenvalue weighted by atomic mass is 32.2. The van der Waals surface area contributed by atoms with E-state index in [4.69, 9.17) is 22.1 Å². The fraction of sp³-hybridized carbons (Fsp3) is 0.391. The van der Waals surface area contributed by atoms with Gasteiger partial charge in [0.2, 0.25) is 14.8 Å². The number of hydrogen-bond donors (Lipinski definition) is 1. The number of rotatable bonds is 6. The third-order valence-electron chi connectivity index (χ3n) is 5.95. The molecule has 0 spiro atoms. The predicted octanol–water partition coefficient (Wildman–Crippen LogP) is 1.81. The molecule has 1 aromatic heterocycles. The van der Waals surface area contributed by atoms with Crippen molar-refractivity contribution in [2.24, 2.45) is 0 Å². The Bertz CT molecular complexity index is 1300. The molecule has 3 aromatic rings. The van der Waals surface area contributed by atoms with Crippen molar-refractivity contribution < 1.29 is 18.1 Å². The van der Waals surface area contributed by atoms with Crippen LogP contribution in [0.2, 0.25) is 0 Å². The molecule has 0 atom stereocenters. The number of para-hydroxylation sites is 1. The smallest absolute Gasteiger partial charge is 0.242 e. The van der Waals surface area contributed by atoms with E-state index in [-0.39, 0.29) is 4.90 Å². The summed E-state index contributed by atoms with van der Waals surface area (Å²) >= 11 is 5.92. The zero-order chi connectivity index (χ0) is 23.8. The van der Waals surface area contributed by atoms with Crippen LogP contribution in [0.3, 0.4) is 0 Å². The van der Waals surface area contributed by atoms with Gasteiger partial charge in [0, 0.05) is 19.7 Å². The number of nitrogens with zero attached hydrogens (tertiary/aromatic N) is 4. The summed E-state index contributed by atoms with van der Waals surface area (Å²) in [6.07, 6.45) is 0. The molecular formula is C23H30N5O3S2+. The maximum absolute atomic E-state index is 12.8. The lowest BCUT2D eigenvalue weighted by Crippen LogP contribution is -3.13. The van der Waals surface area contributed by atoms with Crippen LogP contribution in [0.15, 0.2) is 47.4 Å². The largest absolute Gasteiger partial charge is 0.370 e. The molecule has 8 nitrogen and oxygen atoms in total. The Kier molecular flexibility index (Phi) is 6.83. The molecule has 1 aliphatic heterocycles. The van der Waals surface area contributed by atoms with Gasteiger partial charge in [-0.25, -0.2) is 12.7 Å². The van der Waals surface area contributed by atoms with Crippen LogP contribution in [0.4, 0.5) is 0 Å². The lowest BCUT2D eigenvalue weighted by Gasteiger charge is -2.23. The topological polar surface area (TPSA) is 73.8 Å². The fourth-order valence-corrected chi connectivity index (χ4v) is 5.33. The van der Waals surface area contributed by atoms with Crippen molar-refractivity contribution >= 4 is 22.2 Å². The summed E-state index contributed by atoms with van der Waals surface area (Å²) < 4.78 is 36.7. The fourth-order valence-electron chi connectivity index (χ4n) is 4.09. The highest BCUT2D eigenvalue weighted by Gasteiger charge is 2.23. The summed E-state index contributed by atoms with van der Waals surface area (Å²) in [6, 6.07) is 13.0. The number of ether oxygens (including phenoxy) is 1. The van der Waals surface area contributed by atoms with Crippen molar-refractivity contribution in [1.29, 1.82) is 0 Å². The number of nitrogens with one attached hydrogen (secondary N) is 1. The number of benzene rings is 2. The number of sulfonamides is 1. The van der Waals surface area contributed by atoms with Crippen LogP contribution in [0.1, 0.15) is 11.1 Å². The maximum Gasteiger partial charge on any atom is 0.242 e. The normalized spacial score (nSPS) is 15.3. The second-order valence-corrected chi connectivity index (χ2v) is 11.0. The van der Waals surface area contributed by atoms with Gasteiger partial charge in [-0.05, 0) is 49.3 Å². The molecule has 0 aliphatic carbocycles. The monoisotopic (exact) mass is 488 g/mol. The van der Waals surface area contributed by atoms with Gasteiger partial charge in [0.15, 0.2) is 12.5 Å². The van der Waals surface area contributed by atoms with Crippen molar-refractivity contribution in [2.75, 3.05) is 40.4 Å². The van der Waals surface area contributed by atoms with Crippen molar-refractivity contribution in [3.05, 3.63) is 58.4 Å². The van der Waals surface area contributed by atoms with Crippen LogP contribution < -0.4 is 4.90 Å². The molecule has 1 saturated heterocycles. The van der Waals surface area contributed by atoms with E-state index in [0.29, 0.717) is 22.8 Å². The highest BCUT2D eigenvalue weighted by Crippen LogP contribution is 2.28. The average molecular weight is 489 g/mol. The van der Waals surface area contributed by atoms with Gasteiger partial charge >= 0.3 is 0 Å². The van der Waals surface area contributed by atoms with E-state index in [2.05, 4.69) is 0 Å². The van der Waals surface area contributed by atoms with E-state index in [1.165, 1.54) is 23.3 Å². The Morgan fingerprint density at radius 3 is 2.36 bits per heavy atom. The second kappa shape index (κ2) is 9.47. The summed E-state index contributed by atoms with van der Waals surface area (Å²) in [6.45, 7) is 7.95. The van der Waals surface area contributed by atoms with Crippen LogP contribution >= 0.6 is 12.2 Å². The molecule has 2 heterocycles. The maximum atomic E-state index is 12.8. The van der Waals surface area contributed by atoms with Crippen LogP contribution in [0.25, 0.3) is 17.1 Å². The predicted molar refractivity (Wildman–Crippen MR) is 130 cm³/mol. The first-order valence-electron chi connectivity index (χ1n) is 10.9. The summed E-state index contributed by atoms with van der Waals surface area (Å²) in [5.41, 5.74) is 3.81.